The van der Waals surface area contributed by atoms with Crippen LogP contribution in [0, 0.1) is 0 Å². The highest BCUT2D eigenvalue weighted by Gasteiger charge is 2.25. The van der Waals surface area contributed by atoms with E-state index < -0.39 is 0 Å². The fourth-order valence-electron chi connectivity index (χ4n) is 3.69. The number of likely N-dealkylation sites (tertiary alicyclic amines) is 1. The number of carbonyl (C=O) groups is 1. The van der Waals surface area contributed by atoms with Crippen LogP contribution in [-0.2, 0) is 0 Å². The average Bonchev–Trinajstić information content (AvgIpc) is 2.73. The van der Waals surface area contributed by atoms with Gasteiger partial charge in [0.15, 0.2) is 17.3 Å². The highest BCUT2D eigenvalue weighted by atomic mass is 16.6. The summed E-state index contributed by atoms with van der Waals surface area (Å²) in [6.07, 6.45) is 3.83. The van der Waals surface area contributed by atoms with E-state index in [1.54, 1.807) is 43.5 Å². The Hall–Kier alpha value is -2.53. The molecule has 2 aromatic rings. The molecule has 5 heteroatoms. The third-order valence-electron chi connectivity index (χ3n) is 5.19. The molecule has 0 spiro atoms. The van der Waals surface area contributed by atoms with Crippen LogP contribution in [0.25, 0.3) is 0 Å². The van der Waals surface area contributed by atoms with Gasteiger partial charge in [0, 0.05) is 17.7 Å². The standard InChI is InChI=1S/C22H25NO4/c1-25-18-8-5-16(6-9-18)22(24)17-7-10-20-21(13-17)27-19(15-26-20)14-23-11-3-2-4-12-23/h5-10,13,19H,2-4,11-12,14-15H2,1H3. The summed E-state index contributed by atoms with van der Waals surface area (Å²) >= 11 is 0. The molecule has 5 nitrogen and oxygen atoms in total. The lowest BCUT2D eigenvalue weighted by Gasteiger charge is -2.33. The second kappa shape index (κ2) is 8.01. The quantitative estimate of drug-likeness (QED) is 0.757. The number of ether oxygens (including phenoxy) is 3. The van der Waals surface area contributed by atoms with Gasteiger partial charge in [-0.25, -0.2) is 0 Å². The Balaban J connectivity index is 1.47. The molecule has 0 aromatic heterocycles. The zero-order valence-corrected chi connectivity index (χ0v) is 15.6. The van der Waals surface area contributed by atoms with E-state index in [0.29, 0.717) is 29.2 Å². The fraction of sp³-hybridized carbons (Fsp3) is 0.409. The molecule has 142 valence electrons. The highest BCUT2D eigenvalue weighted by Crippen LogP contribution is 2.33. The minimum Gasteiger partial charge on any atom is -0.497 e. The van der Waals surface area contributed by atoms with Gasteiger partial charge in [0.2, 0.25) is 0 Å². The SMILES string of the molecule is COc1ccc(C(=O)c2ccc3c(c2)OC(CN2CCCCC2)CO3)cc1. The van der Waals surface area contributed by atoms with Crippen molar-refractivity contribution in [3.05, 3.63) is 53.6 Å². The second-order valence-electron chi connectivity index (χ2n) is 7.13. The maximum Gasteiger partial charge on any atom is 0.193 e. The largest absolute Gasteiger partial charge is 0.497 e. The first-order valence-corrected chi connectivity index (χ1v) is 9.57. The monoisotopic (exact) mass is 367 g/mol. The molecule has 27 heavy (non-hydrogen) atoms. The smallest absolute Gasteiger partial charge is 0.193 e. The van der Waals surface area contributed by atoms with Crippen LogP contribution in [0.3, 0.4) is 0 Å². The zero-order chi connectivity index (χ0) is 18.6. The minimum atomic E-state index is -0.0396. The third-order valence-corrected chi connectivity index (χ3v) is 5.19. The number of hydrogen-bond acceptors (Lipinski definition) is 5. The van der Waals surface area contributed by atoms with Gasteiger partial charge in [-0.1, -0.05) is 6.42 Å². The highest BCUT2D eigenvalue weighted by molar-refractivity contribution is 6.09. The van der Waals surface area contributed by atoms with Crippen molar-refractivity contribution in [2.24, 2.45) is 0 Å². The topological polar surface area (TPSA) is 48.0 Å². The van der Waals surface area contributed by atoms with Crippen molar-refractivity contribution in [1.29, 1.82) is 0 Å². The molecule has 0 bridgehead atoms. The normalized spacial score (nSPS) is 19.5. The van der Waals surface area contributed by atoms with Crippen molar-refractivity contribution in [2.75, 3.05) is 33.4 Å². The molecular weight excluding hydrogens is 342 g/mol. The van der Waals surface area contributed by atoms with Crippen LogP contribution in [0.2, 0.25) is 0 Å². The van der Waals surface area contributed by atoms with Crippen molar-refractivity contribution < 1.29 is 19.0 Å². The van der Waals surface area contributed by atoms with Crippen molar-refractivity contribution in [2.45, 2.75) is 25.4 Å². The molecule has 4 rings (SSSR count). The zero-order valence-electron chi connectivity index (χ0n) is 15.6. The molecular formula is C22H25NO4. The van der Waals surface area contributed by atoms with Crippen molar-refractivity contribution in [3.63, 3.8) is 0 Å². The molecule has 1 fully saturated rings. The first-order valence-electron chi connectivity index (χ1n) is 9.57. The third kappa shape index (κ3) is 4.08. The van der Waals surface area contributed by atoms with Gasteiger partial charge in [-0.15, -0.1) is 0 Å². The minimum absolute atomic E-state index is 0.00179. The average molecular weight is 367 g/mol. The summed E-state index contributed by atoms with van der Waals surface area (Å²) in [6, 6.07) is 12.5. The summed E-state index contributed by atoms with van der Waals surface area (Å²) in [7, 11) is 1.61. The van der Waals surface area contributed by atoms with Crippen LogP contribution in [-0.4, -0.2) is 50.1 Å². The fourth-order valence-corrected chi connectivity index (χ4v) is 3.69. The van der Waals surface area contributed by atoms with E-state index in [1.165, 1.54) is 19.3 Å². The van der Waals surface area contributed by atoms with Crippen LogP contribution in [0.5, 0.6) is 17.2 Å². The Kier molecular flexibility index (Phi) is 5.30. The molecule has 1 unspecified atom stereocenters. The lowest BCUT2D eigenvalue weighted by atomic mass is 10.0. The van der Waals surface area contributed by atoms with E-state index in [1.807, 2.05) is 6.07 Å². The maximum absolute atomic E-state index is 12.8. The number of carbonyl (C=O) groups excluding carboxylic acids is 1. The molecule has 2 aromatic carbocycles. The van der Waals surface area contributed by atoms with Gasteiger partial charge in [-0.2, -0.15) is 0 Å². The maximum atomic E-state index is 12.8. The number of methoxy groups -OCH3 is 1. The van der Waals surface area contributed by atoms with Crippen LogP contribution in [0.4, 0.5) is 0 Å². The predicted octanol–water partition coefficient (Wildman–Crippen LogP) is 3.55. The first-order chi connectivity index (χ1) is 13.2. The summed E-state index contributed by atoms with van der Waals surface area (Å²) < 4.78 is 17.2. The van der Waals surface area contributed by atoms with Gasteiger partial charge < -0.3 is 14.2 Å². The molecule has 2 aliphatic heterocycles. The number of piperidine rings is 1. The number of nitrogens with zero attached hydrogens (tertiary/aromatic N) is 1. The van der Waals surface area contributed by atoms with Crippen LogP contribution < -0.4 is 14.2 Å². The molecule has 1 atom stereocenters. The molecule has 0 saturated carbocycles. The molecule has 1 saturated heterocycles. The number of hydrogen-bond donors (Lipinski definition) is 0. The Morgan fingerprint density at radius 3 is 2.52 bits per heavy atom. The predicted molar refractivity (Wildman–Crippen MR) is 103 cm³/mol. The van der Waals surface area contributed by atoms with Crippen molar-refractivity contribution in [3.8, 4) is 17.2 Å². The molecule has 0 radical (unpaired) electrons. The molecule has 2 aliphatic rings. The number of benzene rings is 2. The lowest BCUT2D eigenvalue weighted by molar-refractivity contribution is 0.0532. The Morgan fingerprint density at radius 2 is 1.78 bits per heavy atom. The lowest BCUT2D eigenvalue weighted by Crippen LogP contribution is -2.43. The number of ketones is 1. The van der Waals surface area contributed by atoms with Crippen LogP contribution in [0.1, 0.15) is 35.2 Å². The number of rotatable bonds is 5. The summed E-state index contributed by atoms with van der Waals surface area (Å²) in [4.78, 5) is 15.2. The van der Waals surface area contributed by atoms with Gasteiger partial charge in [0.25, 0.3) is 0 Å². The van der Waals surface area contributed by atoms with Crippen LogP contribution >= 0.6 is 0 Å². The van der Waals surface area contributed by atoms with E-state index in [2.05, 4.69) is 4.90 Å². The van der Waals surface area contributed by atoms with Gasteiger partial charge in [-0.3, -0.25) is 9.69 Å². The van der Waals surface area contributed by atoms with Gasteiger partial charge in [0.1, 0.15) is 18.5 Å². The van der Waals surface area contributed by atoms with Crippen LogP contribution in [0.15, 0.2) is 42.5 Å². The van der Waals surface area contributed by atoms with Crippen molar-refractivity contribution in [1.82, 2.24) is 4.90 Å². The molecule has 0 aliphatic carbocycles. The van der Waals surface area contributed by atoms with Gasteiger partial charge in [-0.05, 0) is 68.4 Å². The van der Waals surface area contributed by atoms with Crippen molar-refractivity contribution >= 4 is 5.78 Å². The van der Waals surface area contributed by atoms with Gasteiger partial charge >= 0.3 is 0 Å². The van der Waals surface area contributed by atoms with E-state index in [0.717, 1.165) is 25.4 Å². The molecule has 0 N–H and O–H groups in total. The second-order valence-corrected chi connectivity index (χ2v) is 7.13. The Bertz CT molecular complexity index is 796. The Labute approximate surface area is 159 Å². The molecule has 0 amide bonds. The van der Waals surface area contributed by atoms with E-state index in [4.69, 9.17) is 14.2 Å². The molecule has 2 heterocycles. The number of fused-ring (bicyclic) bond motifs is 1. The van der Waals surface area contributed by atoms with E-state index in [-0.39, 0.29) is 11.9 Å². The summed E-state index contributed by atoms with van der Waals surface area (Å²) in [5, 5.41) is 0. The summed E-state index contributed by atoms with van der Waals surface area (Å²) in [6.45, 7) is 3.68. The first kappa shape index (κ1) is 17.9. The van der Waals surface area contributed by atoms with E-state index in [9.17, 15) is 4.79 Å². The summed E-state index contributed by atoms with van der Waals surface area (Å²) in [5.41, 5.74) is 1.22. The van der Waals surface area contributed by atoms with Gasteiger partial charge in [0.05, 0.1) is 7.11 Å². The summed E-state index contributed by atoms with van der Waals surface area (Å²) in [5.74, 6) is 2.05. The van der Waals surface area contributed by atoms with E-state index >= 15 is 0 Å². The Morgan fingerprint density at radius 1 is 1.04 bits per heavy atom.